The third-order valence-electron chi connectivity index (χ3n) is 2.98. The molecule has 2 N–H and O–H groups in total. The van der Waals surface area contributed by atoms with Gasteiger partial charge in [0.2, 0.25) is 0 Å². The lowest BCUT2D eigenvalue weighted by molar-refractivity contribution is 0.296. The Bertz CT molecular complexity index is 354. The van der Waals surface area contributed by atoms with Crippen LogP contribution in [0.15, 0.2) is 18.2 Å². The molecule has 0 spiro atoms. The highest BCUT2D eigenvalue weighted by Gasteiger charge is 2.12. The van der Waals surface area contributed by atoms with Crippen LogP contribution >= 0.6 is 11.8 Å². The molecule has 0 saturated carbocycles. The fourth-order valence-electron chi connectivity index (χ4n) is 2.09. The number of benzene rings is 1. The first-order chi connectivity index (χ1) is 8.69. The minimum Gasteiger partial charge on any atom is -0.396 e. The molecule has 1 rings (SSSR count). The molecule has 0 heterocycles. The van der Waals surface area contributed by atoms with Gasteiger partial charge in [-0.1, -0.05) is 30.7 Å². The molecule has 1 aromatic carbocycles. The topological polar surface area (TPSA) is 32.3 Å². The maximum absolute atomic E-state index is 8.80. The van der Waals surface area contributed by atoms with Crippen LogP contribution in [-0.4, -0.2) is 29.8 Å². The molecule has 1 aromatic rings. The Labute approximate surface area is 115 Å². The number of aliphatic hydroxyl groups excluding tert-OH is 1. The Kier molecular flexibility index (Phi) is 7.40. The van der Waals surface area contributed by atoms with Crippen molar-refractivity contribution in [3.63, 3.8) is 0 Å². The van der Waals surface area contributed by atoms with Crippen molar-refractivity contribution >= 4 is 11.8 Å². The van der Waals surface area contributed by atoms with E-state index >= 15 is 0 Å². The summed E-state index contributed by atoms with van der Waals surface area (Å²) in [6, 6.07) is 7.09. The predicted octanol–water partition coefficient (Wildman–Crippen LogP) is 3.07. The Morgan fingerprint density at radius 3 is 2.72 bits per heavy atom. The smallest absolute Gasteiger partial charge is 0.0438 e. The molecule has 0 amide bonds. The van der Waals surface area contributed by atoms with Gasteiger partial charge in [0, 0.05) is 18.4 Å². The average Bonchev–Trinajstić information content (AvgIpc) is 2.34. The van der Waals surface area contributed by atoms with Gasteiger partial charge < -0.3 is 10.4 Å². The quantitative estimate of drug-likeness (QED) is 0.710. The Morgan fingerprint density at radius 2 is 2.11 bits per heavy atom. The largest absolute Gasteiger partial charge is 0.396 e. The first kappa shape index (κ1) is 15.5. The van der Waals surface area contributed by atoms with Gasteiger partial charge in [-0.25, -0.2) is 0 Å². The standard InChI is InChI=1S/C15H25NOS/c1-4-16-15(11-18-9-5-8-17)14-7-6-12(2)10-13(14)3/h6-7,10,15-17H,4-5,8-9,11H2,1-3H3. The monoisotopic (exact) mass is 267 g/mol. The first-order valence-electron chi connectivity index (χ1n) is 6.68. The fraction of sp³-hybridized carbons (Fsp3) is 0.600. The van der Waals surface area contributed by atoms with Crippen LogP contribution in [0, 0.1) is 13.8 Å². The molecule has 0 aliphatic heterocycles. The maximum Gasteiger partial charge on any atom is 0.0438 e. The van der Waals surface area contributed by atoms with Gasteiger partial charge in [-0.3, -0.25) is 0 Å². The molecule has 1 unspecified atom stereocenters. The maximum atomic E-state index is 8.80. The number of hydrogen-bond donors (Lipinski definition) is 2. The van der Waals surface area contributed by atoms with Crippen LogP contribution in [0.2, 0.25) is 0 Å². The SMILES string of the molecule is CCNC(CSCCCO)c1ccc(C)cc1C. The molecular weight excluding hydrogens is 242 g/mol. The molecule has 18 heavy (non-hydrogen) atoms. The second-order valence-electron chi connectivity index (χ2n) is 4.62. The molecule has 2 nitrogen and oxygen atoms in total. The van der Waals surface area contributed by atoms with Gasteiger partial charge in [-0.15, -0.1) is 0 Å². The minimum atomic E-state index is 0.294. The summed E-state index contributed by atoms with van der Waals surface area (Å²) in [6.45, 7) is 7.75. The zero-order chi connectivity index (χ0) is 13.4. The Balaban J connectivity index is 2.64. The van der Waals surface area contributed by atoms with E-state index in [1.807, 2.05) is 11.8 Å². The second-order valence-corrected chi connectivity index (χ2v) is 5.77. The van der Waals surface area contributed by atoms with E-state index in [0.717, 1.165) is 24.5 Å². The van der Waals surface area contributed by atoms with Crippen molar-refractivity contribution in [1.82, 2.24) is 5.32 Å². The lowest BCUT2D eigenvalue weighted by Crippen LogP contribution is -2.24. The summed E-state index contributed by atoms with van der Waals surface area (Å²) in [4.78, 5) is 0. The van der Waals surface area contributed by atoms with Crippen molar-refractivity contribution in [2.75, 3.05) is 24.7 Å². The molecule has 0 bridgehead atoms. The van der Waals surface area contributed by atoms with Gasteiger partial charge in [-0.2, -0.15) is 11.8 Å². The molecule has 0 radical (unpaired) electrons. The number of nitrogens with one attached hydrogen (secondary N) is 1. The first-order valence-corrected chi connectivity index (χ1v) is 7.83. The summed E-state index contributed by atoms with van der Waals surface area (Å²) in [6.07, 6.45) is 0.885. The van der Waals surface area contributed by atoms with Gasteiger partial charge in [0.1, 0.15) is 0 Å². The van der Waals surface area contributed by atoms with E-state index in [9.17, 15) is 0 Å². The average molecular weight is 267 g/mol. The van der Waals surface area contributed by atoms with E-state index in [4.69, 9.17) is 5.11 Å². The van der Waals surface area contributed by atoms with Gasteiger partial charge in [-0.05, 0) is 43.7 Å². The van der Waals surface area contributed by atoms with Crippen LogP contribution in [0.3, 0.4) is 0 Å². The third-order valence-corrected chi connectivity index (χ3v) is 4.13. The lowest BCUT2D eigenvalue weighted by atomic mass is 10.0. The van der Waals surface area contributed by atoms with Crippen molar-refractivity contribution in [2.45, 2.75) is 33.2 Å². The number of aliphatic hydroxyl groups is 1. The second kappa shape index (κ2) is 8.57. The number of rotatable bonds is 8. The normalized spacial score (nSPS) is 12.7. The van der Waals surface area contributed by atoms with Crippen molar-refractivity contribution in [3.05, 3.63) is 34.9 Å². The zero-order valence-electron chi connectivity index (χ0n) is 11.7. The third kappa shape index (κ3) is 5.01. The summed E-state index contributed by atoms with van der Waals surface area (Å²) in [5.74, 6) is 2.10. The van der Waals surface area contributed by atoms with Crippen molar-refractivity contribution in [1.29, 1.82) is 0 Å². The van der Waals surface area contributed by atoms with E-state index in [1.54, 1.807) is 0 Å². The molecule has 3 heteroatoms. The van der Waals surface area contributed by atoms with Crippen LogP contribution in [0.1, 0.15) is 36.1 Å². The lowest BCUT2D eigenvalue weighted by Gasteiger charge is -2.20. The zero-order valence-corrected chi connectivity index (χ0v) is 12.5. The van der Waals surface area contributed by atoms with Crippen molar-refractivity contribution in [3.8, 4) is 0 Å². The van der Waals surface area contributed by atoms with Gasteiger partial charge in [0.15, 0.2) is 0 Å². The minimum absolute atomic E-state index is 0.294. The van der Waals surface area contributed by atoms with Crippen LogP contribution < -0.4 is 5.32 Å². The highest BCUT2D eigenvalue weighted by atomic mass is 32.2. The predicted molar refractivity (Wildman–Crippen MR) is 81.4 cm³/mol. The van der Waals surface area contributed by atoms with Crippen molar-refractivity contribution in [2.24, 2.45) is 0 Å². The van der Waals surface area contributed by atoms with Gasteiger partial charge in [0.05, 0.1) is 0 Å². The number of hydrogen-bond acceptors (Lipinski definition) is 3. The van der Waals surface area contributed by atoms with Crippen LogP contribution in [0.25, 0.3) is 0 Å². The van der Waals surface area contributed by atoms with E-state index < -0.39 is 0 Å². The molecular formula is C15H25NOS. The number of thioether (sulfide) groups is 1. The van der Waals surface area contributed by atoms with Crippen LogP contribution in [0.5, 0.6) is 0 Å². The summed E-state index contributed by atoms with van der Waals surface area (Å²) in [5, 5.41) is 12.4. The molecule has 1 atom stereocenters. The molecule has 0 saturated heterocycles. The highest BCUT2D eigenvalue weighted by molar-refractivity contribution is 7.99. The number of aryl methyl sites for hydroxylation is 2. The van der Waals surface area contributed by atoms with Crippen molar-refractivity contribution < 1.29 is 5.11 Å². The van der Waals surface area contributed by atoms with E-state index in [1.165, 1.54) is 16.7 Å². The van der Waals surface area contributed by atoms with E-state index in [-0.39, 0.29) is 0 Å². The summed E-state index contributed by atoms with van der Waals surface area (Å²) in [7, 11) is 0. The summed E-state index contributed by atoms with van der Waals surface area (Å²) >= 11 is 1.91. The molecule has 0 aliphatic carbocycles. The van der Waals surface area contributed by atoms with E-state index in [2.05, 4.69) is 44.3 Å². The van der Waals surface area contributed by atoms with Gasteiger partial charge >= 0.3 is 0 Å². The molecule has 102 valence electrons. The summed E-state index contributed by atoms with van der Waals surface area (Å²) < 4.78 is 0. The van der Waals surface area contributed by atoms with Crippen LogP contribution in [0.4, 0.5) is 0 Å². The highest BCUT2D eigenvalue weighted by Crippen LogP contribution is 2.23. The molecule has 0 aromatic heterocycles. The fourth-order valence-corrected chi connectivity index (χ4v) is 3.12. The van der Waals surface area contributed by atoms with Gasteiger partial charge in [0.25, 0.3) is 0 Å². The molecule has 0 aliphatic rings. The summed E-state index contributed by atoms with van der Waals surface area (Å²) in [5.41, 5.74) is 4.09. The molecule has 0 fully saturated rings. The van der Waals surface area contributed by atoms with Crippen LogP contribution in [-0.2, 0) is 0 Å². The van der Waals surface area contributed by atoms with E-state index in [0.29, 0.717) is 12.6 Å². The Hall–Kier alpha value is -0.510. The Morgan fingerprint density at radius 1 is 1.33 bits per heavy atom.